The third-order valence-corrected chi connectivity index (χ3v) is 3.49. The molecule has 3 rings (SSSR count). The van der Waals surface area contributed by atoms with Gasteiger partial charge in [-0.2, -0.15) is 0 Å². The Hall–Kier alpha value is -2.56. The molecule has 5 heteroatoms. The summed E-state index contributed by atoms with van der Waals surface area (Å²) >= 11 is 0. The fraction of sp³-hybridized carbons (Fsp3) is 0.294. The Labute approximate surface area is 129 Å². The predicted molar refractivity (Wildman–Crippen MR) is 81.8 cm³/mol. The zero-order valence-corrected chi connectivity index (χ0v) is 12.4. The number of para-hydroxylation sites is 1. The Kier molecular flexibility index (Phi) is 4.23. The van der Waals surface area contributed by atoms with Gasteiger partial charge in [-0.05, 0) is 25.1 Å². The first-order chi connectivity index (χ1) is 10.7. The van der Waals surface area contributed by atoms with Gasteiger partial charge in [0.25, 0.3) is 5.91 Å². The number of hydrogen-bond acceptors (Lipinski definition) is 4. The summed E-state index contributed by atoms with van der Waals surface area (Å²) < 4.78 is 11.3. The van der Waals surface area contributed by atoms with Crippen molar-refractivity contribution in [3.63, 3.8) is 0 Å². The zero-order valence-electron chi connectivity index (χ0n) is 12.4. The van der Waals surface area contributed by atoms with E-state index in [4.69, 9.17) is 9.47 Å². The van der Waals surface area contributed by atoms with Crippen LogP contribution < -0.4 is 9.47 Å². The molecule has 2 heterocycles. The summed E-state index contributed by atoms with van der Waals surface area (Å²) in [5.41, 5.74) is 0. The van der Waals surface area contributed by atoms with Gasteiger partial charge in [0.2, 0.25) is 5.88 Å². The van der Waals surface area contributed by atoms with E-state index in [1.54, 1.807) is 18.0 Å². The van der Waals surface area contributed by atoms with Crippen molar-refractivity contribution in [3.8, 4) is 11.6 Å². The molecule has 22 heavy (non-hydrogen) atoms. The van der Waals surface area contributed by atoms with Crippen LogP contribution in [0, 0.1) is 0 Å². The lowest BCUT2D eigenvalue weighted by Gasteiger charge is -2.39. The first-order valence-corrected chi connectivity index (χ1v) is 7.30. The second-order valence-corrected chi connectivity index (χ2v) is 5.22. The number of hydrogen-bond donors (Lipinski definition) is 0. The van der Waals surface area contributed by atoms with E-state index in [2.05, 4.69) is 4.98 Å². The fourth-order valence-corrected chi connectivity index (χ4v) is 2.29. The molecule has 1 amide bonds. The van der Waals surface area contributed by atoms with Gasteiger partial charge in [-0.3, -0.25) is 4.79 Å². The monoisotopic (exact) mass is 298 g/mol. The van der Waals surface area contributed by atoms with Crippen molar-refractivity contribution in [2.24, 2.45) is 0 Å². The van der Waals surface area contributed by atoms with Gasteiger partial charge in [-0.15, -0.1) is 0 Å². The van der Waals surface area contributed by atoms with Crippen molar-refractivity contribution in [1.29, 1.82) is 0 Å². The fourth-order valence-electron chi connectivity index (χ4n) is 2.29. The minimum Gasteiger partial charge on any atom is -0.481 e. The molecule has 1 aliphatic rings. The van der Waals surface area contributed by atoms with Crippen LogP contribution in [-0.4, -0.2) is 41.1 Å². The normalized spacial score (nSPS) is 15.8. The van der Waals surface area contributed by atoms with E-state index in [1.165, 1.54) is 0 Å². The molecular formula is C17H18N2O3. The van der Waals surface area contributed by atoms with E-state index in [0.717, 1.165) is 0 Å². The van der Waals surface area contributed by atoms with Crippen LogP contribution in [0.15, 0.2) is 54.7 Å². The molecular weight excluding hydrogens is 280 g/mol. The highest BCUT2D eigenvalue weighted by Gasteiger charge is 2.35. The quantitative estimate of drug-likeness (QED) is 0.848. The molecule has 1 aromatic carbocycles. The minimum atomic E-state index is -0.502. The highest BCUT2D eigenvalue weighted by molar-refractivity contribution is 5.81. The molecule has 0 saturated carbocycles. The topological polar surface area (TPSA) is 51.7 Å². The lowest BCUT2D eigenvalue weighted by molar-refractivity contribution is -0.147. The SMILES string of the molecule is CC(Oc1ccccc1)C(=O)N1CC(Oc2ccccn2)C1. The molecule has 1 aliphatic heterocycles. The summed E-state index contributed by atoms with van der Waals surface area (Å²) in [5, 5.41) is 0. The largest absolute Gasteiger partial charge is 0.481 e. The van der Waals surface area contributed by atoms with Crippen LogP contribution in [0.2, 0.25) is 0 Å². The van der Waals surface area contributed by atoms with Gasteiger partial charge in [0.05, 0.1) is 13.1 Å². The molecule has 114 valence electrons. The van der Waals surface area contributed by atoms with Crippen LogP contribution in [0.3, 0.4) is 0 Å². The number of rotatable bonds is 5. The van der Waals surface area contributed by atoms with Gasteiger partial charge in [-0.1, -0.05) is 24.3 Å². The second-order valence-electron chi connectivity index (χ2n) is 5.22. The van der Waals surface area contributed by atoms with Crippen LogP contribution in [0.1, 0.15) is 6.92 Å². The summed E-state index contributed by atoms with van der Waals surface area (Å²) in [6.07, 6.45) is 1.19. The van der Waals surface area contributed by atoms with Crippen molar-refractivity contribution in [2.45, 2.75) is 19.1 Å². The summed E-state index contributed by atoms with van der Waals surface area (Å²) in [5.74, 6) is 1.27. The van der Waals surface area contributed by atoms with Gasteiger partial charge >= 0.3 is 0 Å². The molecule has 0 N–H and O–H groups in total. The van der Waals surface area contributed by atoms with E-state index in [0.29, 0.717) is 24.7 Å². The highest BCUT2D eigenvalue weighted by atomic mass is 16.5. The summed E-state index contributed by atoms with van der Waals surface area (Å²) in [4.78, 5) is 18.1. The molecule has 0 spiro atoms. The second kappa shape index (κ2) is 6.47. The molecule has 0 radical (unpaired) electrons. The van der Waals surface area contributed by atoms with Crippen LogP contribution in [-0.2, 0) is 4.79 Å². The number of likely N-dealkylation sites (tertiary alicyclic amines) is 1. The average molecular weight is 298 g/mol. The van der Waals surface area contributed by atoms with E-state index in [9.17, 15) is 4.79 Å². The number of aromatic nitrogens is 1. The Bertz CT molecular complexity index is 612. The molecule has 1 fully saturated rings. The molecule has 1 aromatic heterocycles. The predicted octanol–water partition coefficient (Wildman–Crippen LogP) is 2.14. The van der Waals surface area contributed by atoms with Gasteiger partial charge in [-0.25, -0.2) is 4.98 Å². The van der Waals surface area contributed by atoms with Crippen molar-refractivity contribution in [2.75, 3.05) is 13.1 Å². The lowest BCUT2D eigenvalue weighted by atomic mass is 10.1. The Morgan fingerprint density at radius 2 is 1.91 bits per heavy atom. The van der Waals surface area contributed by atoms with Crippen LogP contribution in [0.25, 0.3) is 0 Å². The van der Waals surface area contributed by atoms with Crippen LogP contribution >= 0.6 is 0 Å². The molecule has 1 saturated heterocycles. The molecule has 1 unspecified atom stereocenters. The average Bonchev–Trinajstić information content (AvgIpc) is 2.52. The first-order valence-electron chi connectivity index (χ1n) is 7.30. The van der Waals surface area contributed by atoms with Crippen LogP contribution in [0.5, 0.6) is 11.6 Å². The number of ether oxygens (including phenoxy) is 2. The molecule has 1 atom stereocenters. The van der Waals surface area contributed by atoms with Crippen molar-refractivity contribution < 1.29 is 14.3 Å². The first kappa shape index (κ1) is 14.4. The van der Waals surface area contributed by atoms with Crippen molar-refractivity contribution in [3.05, 3.63) is 54.7 Å². The number of benzene rings is 1. The number of carbonyl (C=O) groups is 1. The Morgan fingerprint density at radius 1 is 1.18 bits per heavy atom. The molecule has 5 nitrogen and oxygen atoms in total. The molecule has 0 aliphatic carbocycles. The van der Waals surface area contributed by atoms with Gasteiger partial charge in [0, 0.05) is 12.3 Å². The number of amides is 1. The van der Waals surface area contributed by atoms with E-state index in [-0.39, 0.29) is 12.0 Å². The van der Waals surface area contributed by atoms with E-state index in [1.807, 2.05) is 48.5 Å². The summed E-state index contributed by atoms with van der Waals surface area (Å²) in [7, 11) is 0. The smallest absolute Gasteiger partial charge is 0.263 e. The van der Waals surface area contributed by atoms with Crippen LogP contribution in [0.4, 0.5) is 0 Å². The van der Waals surface area contributed by atoms with Crippen molar-refractivity contribution >= 4 is 5.91 Å². The van der Waals surface area contributed by atoms with Gasteiger partial charge < -0.3 is 14.4 Å². The zero-order chi connectivity index (χ0) is 15.4. The Morgan fingerprint density at radius 3 is 2.59 bits per heavy atom. The standard InChI is InChI=1S/C17H18N2O3/c1-13(21-14-7-3-2-4-8-14)17(20)19-11-15(12-19)22-16-9-5-6-10-18-16/h2-10,13,15H,11-12H2,1H3. The number of carbonyl (C=O) groups excluding carboxylic acids is 1. The maximum atomic E-state index is 12.3. The van der Waals surface area contributed by atoms with E-state index < -0.39 is 6.10 Å². The summed E-state index contributed by atoms with van der Waals surface area (Å²) in [6.45, 7) is 2.90. The van der Waals surface area contributed by atoms with E-state index >= 15 is 0 Å². The lowest BCUT2D eigenvalue weighted by Crippen LogP contribution is -2.58. The van der Waals surface area contributed by atoms with Crippen molar-refractivity contribution in [1.82, 2.24) is 9.88 Å². The maximum absolute atomic E-state index is 12.3. The third kappa shape index (κ3) is 3.36. The number of nitrogens with zero attached hydrogens (tertiary/aromatic N) is 2. The highest BCUT2D eigenvalue weighted by Crippen LogP contribution is 2.18. The Balaban J connectivity index is 1.47. The molecule has 2 aromatic rings. The van der Waals surface area contributed by atoms with Gasteiger partial charge in [0.1, 0.15) is 11.9 Å². The summed E-state index contributed by atoms with van der Waals surface area (Å²) in [6, 6.07) is 14.9. The molecule has 0 bridgehead atoms. The minimum absolute atomic E-state index is 0.00257. The number of pyridine rings is 1. The van der Waals surface area contributed by atoms with Gasteiger partial charge in [0.15, 0.2) is 6.10 Å². The third-order valence-electron chi connectivity index (χ3n) is 3.49. The maximum Gasteiger partial charge on any atom is 0.263 e.